The fourth-order valence-electron chi connectivity index (χ4n) is 2.22. The van der Waals surface area contributed by atoms with Crippen LogP contribution in [0.3, 0.4) is 0 Å². The Balaban J connectivity index is 2.08. The van der Waals surface area contributed by atoms with Crippen LogP contribution in [0.15, 0.2) is 16.6 Å². The molecule has 5 nitrogen and oxygen atoms in total. The van der Waals surface area contributed by atoms with Crippen molar-refractivity contribution in [1.82, 2.24) is 13.7 Å². The Morgan fingerprint density at radius 3 is 2.85 bits per heavy atom. The van der Waals surface area contributed by atoms with Gasteiger partial charge in [0.2, 0.25) is 0 Å². The van der Waals surface area contributed by atoms with Gasteiger partial charge in [0.1, 0.15) is 0 Å². The highest BCUT2D eigenvalue weighted by Gasteiger charge is 2.36. The second-order valence-corrected chi connectivity index (χ2v) is 8.41. The number of aromatic nitrogens is 2. The lowest BCUT2D eigenvalue weighted by molar-refractivity contribution is 0.340. The Hall–Kier alpha value is -0.630. The molecule has 0 aromatic carbocycles. The number of sulfonamides is 1. The number of imidazole rings is 1. The molecule has 2 aromatic heterocycles. The van der Waals surface area contributed by atoms with Crippen molar-refractivity contribution in [3.63, 3.8) is 0 Å². The summed E-state index contributed by atoms with van der Waals surface area (Å²) in [5.74, 6) is 0.483. The molecule has 3 rings (SSSR count). The smallest absolute Gasteiger partial charge is 0.262 e. The Bertz CT molecular complexity index is 731. The van der Waals surface area contributed by atoms with Crippen LogP contribution in [-0.4, -0.2) is 34.7 Å². The molecule has 2 heterocycles. The standard InChI is InChI=1S/C12H16ClN3O2S2/c1-8(2)16(7-9-3-4-9)20(17,18)11-10(13)14-12-15(11)5-6-19-12/h5-6,8-9H,3-4,7H2,1-2H3. The third kappa shape index (κ3) is 2.36. The predicted molar refractivity (Wildman–Crippen MR) is 79.8 cm³/mol. The topological polar surface area (TPSA) is 54.7 Å². The molecule has 0 amide bonds. The van der Waals surface area contributed by atoms with Gasteiger partial charge < -0.3 is 0 Å². The maximum Gasteiger partial charge on any atom is 0.262 e. The van der Waals surface area contributed by atoms with Gasteiger partial charge in [0.25, 0.3) is 10.0 Å². The van der Waals surface area contributed by atoms with E-state index in [1.165, 1.54) is 15.6 Å². The van der Waals surface area contributed by atoms with Crippen LogP contribution in [0, 0.1) is 5.92 Å². The number of rotatable bonds is 5. The molecular weight excluding hydrogens is 318 g/mol. The molecule has 20 heavy (non-hydrogen) atoms. The largest absolute Gasteiger partial charge is 0.279 e. The summed E-state index contributed by atoms with van der Waals surface area (Å²) in [4.78, 5) is 4.72. The molecule has 1 aliphatic carbocycles. The SMILES string of the molecule is CC(C)N(CC1CC1)S(=O)(=O)c1c(Cl)nc2sccn12. The highest BCUT2D eigenvalue weighted by molar-refractivity contribution is 7.89. The molecule has 8 heteroatoms. The molecule has 0 atom stereocenters. The van der Waals surface area contributed by atoms with Crippen LogP contribution in [-0.2, 0) is 10.0 Å². The maximum atomic E-state index is 12.9. The zero-order valence-corrected chi connectivity index (χ0v) is 13.7. The van der Waals surface area contributed by atoms with Gasteiger partial charge in [-0.3, -0.25) is 4.40 Å². The Labute approximate surface area is 127 Å². The van der Waals surface area contributed by atoms with Crippen molar-refractivity contribution < 1.29 is 8.42 Å². The van der Waals surface area contributed by atoms with E-state index in [4.69, 9.17) is 11.6 Å². The molecule has 0 aliphatic heterocycles. The molecule has 2 aromatic rings. The summed E-state index contributed by atoms with van der Waals surface area (Å²) in [5.41, 5.74) is 0. The van der Waals surface area contributed by atoms with Crippen LogP contribution in [0.2, 0.25) is 5.15 Å². The molecule has 0 radical (unpaired) electrons. The average Bonchev–Trinajstić information content (AvgIpc) is 2.97. The third-order valence-electron chi connectivity index (χ3n) is 3.44. The summed E-state index contributed by atoms with van der Waals surface area (Å²) >= 11 is 7.43. The minimum atomic E-state index is -3.63. The maximum absolute atomic E-state index is 12.9. The Morgan fingerprint density at radius 2 is 2.25 bits per heavy atom. The molecule has 1 aliphatic rings. The summed E-state index contributed by atoms with van der Waals surface area (Å²) in [6.45, 7) is 4.34. The number of hydrogen-bond donors (Lipinski definition) is 0. The van der Waals surface area contributed by atoms with E-state index in [0.29, 0.717) is 17.4 Å². The van der Waals surface area contributed by atoms with Crippen molar-refractivity contribution >= 4 is 37.9 Å². The zero-order chi connectivity index (χ0) is 14.5. The van der Waals surface area contributed by atoms with Crippen LogP contribution in [0.5, 0.6) is 0 Å². The second-order valence-electron chi connectivity index (χ2n) is 5.38. The minimum absolute atomic E-state index is 0.0540. The van der Waals surface area contributed by atoms with Crippen LogP contribution < -0.4 is 0 Å². The molecule has 0 spiro atoms. The highest BCUT2D eigenvalue weighted by Crippen LogP contribution is 2.34. The monoisotopic (exact) mass is 333 g/mol. The van der Waals surface area contributed by atoms with E-state index in [0.717, 1.165) is 12.8 Å². The van der Waals surface area contributed by atoms with E-state index in [2.05, 4.69) is 4.98 Å². The van der Waals surface area contributed by atoms with E-state index in [1.54, 1.807) is 16.0 Å². The van der Waals surface area contributed by atoms with Gasteiger partial charge in [-0.2, -0.15) is 4.31 Å². The van der Waals surface area contributed by atoms with Crippen molar-refractivity contribution in [1.29, 1.82) is 0 Å². The number of thiazole rings is 1. The molecule has 0 N–H and O–H groups in total. The van der Waals surface area contributed by atoms with Gasteiger partial charge in [-0.1, -0.05) is 11.6 Å². The van der Waals surface area contributed by atoms with Crippen LogP contribution in [0.1, 0.15) is 26.7 Å². The average molecular weight is 334 g/mol. The number of hydrogen-bond acceptors (Lipinski definition) is 4. The molecular formula is C12H16ClN3O2S2. The second kappa shape index (κ2) is 4.98. The van der Waals surface area contributed by atoms with Crippen LogP contribution >= 0.6 is 22.9 Å². The predicted octanol–water partition coefficient (Wildman–Crippen LogP) is 2.86. The Morgan fingerprint density at radius 1 is 1.55 bits per heavy atom. The lowest BCUT2D eigenvalue weighted by atomic mass is 10.3. The summed E-state index contributed by atoms with van der Waals surface area (Å²) in [5, 5.41) is 1.95. The molecule has 1 fully saturated rings. The van der Waals surface area contributed by atoms with E-state index in [1.807, 2.05) is 13.8 Å². The summed E-state index contributed by atoms with van der Waals surface area (Å²) in [7, 11) is -3.63. The van der Waals surface area contributed by atoms with Gasteiger partial charge >= 0.3 is 0 Å². The first kappa shape index (κ1) is 14.3. The highest BCUT2D eigenvalue weighted by atomic mass is 35.5. The molecule has 110 valence electrons. The number of halogens is 1. The summed E-state index contributed by atoms with van der Waals surface area (Å²) in [6.07, 6.45) is 3.90. The van der Waals surface area contributed by atoms with Crippen LogP contribution in [0.4, 0.5) is 0 Å². The van der Waals surface area contributed by atoms with Gasteiger partial charge in [-0.25, -0.2) is 13.4 Å². The fraction of sp³-hybridized carbons (Fsp3) is 0.583. The van der Waals surface area contributed by atoms with E-state index in [9.17, 15) is 8.42 Å². The summed E-state index contributed by atoms with van der Waals surface area (Å²) in [6, 6.07) is -0.0964. The van der Waals surface area contributed by atoms with E-state index in [-0.39, 0.29) is 16.2 Å². The third-order valence-corrected chi connectivity index (χ3v) is 6.64. The molecule has 0 unspecified atom stereocenters. The van der Waals surface area contributed by atoms with Gasteiger partial charge in [0.05, 0.1) is 0 Å². The van der Waals surface area contributed by atoms with Crippen LogP contribution in [0.25, 0.3) is 4.96 Å². The molecule has 0 bridgehead atoms. The quantitative estimate of drug-likeness (QED) is 0.845. The lowest BCUT2D eigenvalue weighted by Gasteiger charge is -2.25. The van der Waals surface area contributed by atoms with Crippen molar-refractivity contribution in [3.8, 4) is 0 Å². The number of fused-ring (bicyclic) bond motifs is 1. The normalized spacial score (nSPS) is 16.6. The van der Waals surface area contributed by atoms with Crippen molar-refractivity contribution in [3.05, 3.63) is 16.7 Å². The van der Waals surface area contributed by atoms with Gasteiger partial charge in [0.15, 0.2) is 15.1 Å². The minimum Gasteiger partial charge on any atom is -0.279 e. The van der Waals surface area contributed by atoms with Crippen molar-refractivity contribution in [2.75, 3.05) is 6.54 Å². The van der Waals surface area contributed by atoms with Gasteiger partial charge in [-0.15, -0.1) is 11.3 Å². The van der Waals surface area contributed by atoms with Gasteiger partial charge in [0, 0.05) is 24.2 Å². The van der Waals surface area contributed by atoms with E-state index >= 15 is 0 Å². The first-order valence-corrected chi connectivity index (χ1v) is 9.24. The van der Waals surface area contributed by atoms with Gasteiger partial charge in [-0.05, 0) is 32.6 Å². The first-order valence-electron chi connectivity index (χ1n) is 6.54. The zero-order valence-electron chi connectivity index (χ0n) is 11.3. The van der Waals surface area contributed by atoms with E-state index < -0.39 is 10.0 Å². The first-order chi connectivity index (χ1) is 9.41. The fourth-order valence-corrected chi connectivity index (χ4v) is 5.35. The Kier molecular flexibility index (Phi) is 3.56. The molecule has 1 saturated carbocycles. The number of nitrogens with zero attached hydrogens (tertiary/aromatic N) is 3. The van der Waals surface area contributed by atoms with Crippen molar-refractivity contribution in [2.45, 2.75) is 37.8 Å². The summed E-state index contributed by atoms with van der Waals surface area (Å²) < 4.78 is 28.9. The lowest BCUT2D eigenvalue weighted by Crippen LogP contribution is -2.39. The van der Waals surface area contributed by atoms with Crippen molar-refractivity contribution in [2.24, 2.45) is 5.92 Å². The molecule has 0 saturated heterocycles.